The van der Waals surface area contributed by atoms with E-state index in [1.54, 1.807) is 37.6 Å². The van der Waals surface area contributed by atoms with Gasteiger partial charge in [0.05, 0.1) is 12.7 Å². The summed E-state index contributed by atoms with van der Waals surface area (Å²) in [6.45, 7) is 0. The van der Waals surface area contributed by atoms with Gasteiger partial charge in [0.1, 0.15) is 17.2 Å². The summed E-state index contributed by atoms with van der Waals surface area (Å²) in [6.07, 6.45) is 1.65. The monoisotopic (exact) mass is 269 g/mol. The number of pyridine rings is 1. The fraction of sp³-hybridized carbons (Fsp3) is 0.0714. The molecule has 0 amide bonds. The highest BCUT2D eigenvalue weighted by Crippen LogP contribution is 2.32. The lowest BCUT2D eigenvalue weighted by atomic mass is 10.2. The molecule has 0 aliphatic carbocycles. The van der Waals surface area contributed by atoms with Crippen LogP contribution in [0.5, 0.6) is 11.5 Å². The number of benzene rings is 1. The van der Waals surface area contributed by atoms with Gasteiger partial charge in [-0.2, -0.15) is 4.98 Å². The maximum absolute atomic E-state index is 9.86. The molecule has 20 heavy (non-hydrogen) atoms. The molecular formula is C14H11N3O3. The minimum absolute atomic E-state index is 0.0435. The van der Waals surface area contributed by atoms with Crippen molar-refractivity contribution in [2.45, 2.75) is 0 Å². The zero-order valence-corrected chi connectivity index (χ0v) is 10.6. The van der Waals surface area contributed by atoms with Gasteiger partial charge in [0.15, 0.2) is 0 Å². The van der Waals surface area contributed by atoms with E-state index in [-0.39, 0.29) is 11.6 Å². The molecule has 0 radical (unpaired) electrons. The molecule has 0 bridgehead atoms. The van der Waals surface area contributed by atoms with E-state index in [1.165, 1.54) is 6.07 Å². The quantitative estimate of drug-likeness (QED) is 0.786. The number of hydrogen-bond donors (Lipinski definition) is 1. The van der Waals surface area contributed by atoms with E-state index >= 15 is 0 Å². The molecule has 0 aliphatic heterocycles. The van der Waals surface area contributed by atoms with E-state index in [4.69, 9.17) is 9.26 Å². The lowest BCUT2D eigenvalue weighted by molar-refractivity contribution is 0.408. The van der Waals surface area contributed by atoms with Gasteiger partial charge < -0.3 is 14.4 Å². The van der Waals surface area contributed by atoms with E-state index in [9.17, 15) is 5.11 Å². The molecule has 0 atom stereocenters. The molecule has 3 aromatic rings. The molecule has 1 N–H and O–H groups in total. The second-order valence-electron chi connectivity index (χ2n) is 4.02. The molecule has 0 fully saturated rings. The minimum atomic E-state index is 0.0435. The summed E-state index contributed by atoms with van der Waals surface area (Å²) in [5.41, 5.74) is 1.02. The van der Waals surface area contributed by atoms with Crippen LogP contribution >= 0.6 is 0 Å². The van der Waals surface area contributed by atoms with Gasteiger partial charge in [0.2, 0.25) is 5.82 Å². The Balaban J connectivity index is 2.02. The molecule has 0 saturated heterocycles. The van der Waals surface area contributed by atoms with Crippen molar-refractivity contribution in [2.24, 2.45) is 0 Å². The van der Waals surface area contributed by atoms with Crippen LogP contribution in [0.15, 0.2) is 47.1 Å². The second-order valence-corrected chi connectivity index (χ2v) is 4.02. The fourth-order valence-electron chi connectivity index (χ4n) is 1.75. The molecule has 1 aromatic carbocycles. The molecule has 0 saturated carbocycles. The predicted molar refractivity (Wildman–Crippen MR) is 71.2 cm³/mol. The van der Waals surface area contributed by atoms with E-state index in [0.717, 1.165) is 0 Å². The smallest absolute Gasteiger partial charge is 0.262 e. The number of hydrogen-bond acceptors (Lipinski definition) is 6. The zero-order valence-electron chi connectivity index (χ0n) is 10.6. The summed E-state index contributed by atoms with van der Waals surface area (Å²) < 4.78 is 10.3. The molecule has 0 unspecified atom stereocenters. The van der Waals surface area contributed by atoms with Gasteiger partial charge in [-0.05, 0) is 30.3 Å². The summed E-state index contributed by atoms with van der Waals surface area (Å²) in [4.78, 5) is 8.37. The van der Waals surface area contributed by atoms with Crippen molar-refractivity contribution < 1.29 is 14.4 Å². The summed E-state index contributed by atoms with van der Waals surface area (Å²) in [5, 5.41) is 13.7. The van der Waals surface area contributed by atoms with Crippen molar-refractivity contribution in [1.29, 1.82) is 0 Å². The normalized spacial score (nSPS) is 10.4. The van der Waals surface area contributed by atoms with E-state index in [0.29, 0.717) is 22.8 Å². The van der Waals surface area contributed by atoms with Gasteiger partial charge in [0.25, 0.3) is 5.89 Å². The number of aromatic hydroxyl groups is 1. The van der Waals surface area contributed by atoms with Crippen molar-refractivity contribution in [3.8, 4) is 34.5 Å². The average molecular weight is 269 g/mol. The second kappa shape index (κ2) is 5.00. The van der Waals surface area contributed by atoms with Crippen LogP contribution in [-0.2, 0) is 0 Å². The average Bonchev–Trinajstić information content (AvgIpc) is 2.98. The third-order valence-electron chi connectivity index (χ3n) is 2.75. The third-order valence-corrected chi connectivity index (χ3v) is 2.75. The zero-order chi connectivity index (χ0) is 13.9. The number of nitrogens with zero attached hydrogens (tertiary/aromatic N) is 3. The molecule has 2 heterocycles. The summed E-state index contributed by atoms with van der Waals surface area (Å²) in [6, 6.07) is 10.2. The first kappa shape index (κ1) is 12.2. The van der Waals surface area contributed by atoms with Crippen LogP contribution < -0.4 is 4.74 Å². The van der Waals surface area contributed by atoms with Gasteiger partial charge in [-0.15, -0.1) is 0 Å². The van der Waals surface area contributed by atoms with Gasteiger partial charge in [0, 0.05) is 6.20 Å². The fourth-order valence-corrected chi connectivity index (χ4v) is 1.75. The van der Waals surface area contributed by atoms with Crippen molar-refractivity contribution >= 4 is 0 Å². The number of phenols is 1. The summed E-state index contributed by atoms with van der Waals surface area (Å²) in [7, 11) is 1.54. The standard InChI is InChI=1S/C14H11N3O3/c1-19-9-5-6-12(18)10(8-9)14-16-13(17-20-14)11-4-2-3-7-15-11/h2-8,18H,1H3. The van der Waals surface area contributed by atoms with Crippen molar-refractivity contribution in [3.05, 3.63) is 42.6 Å². The van der Waals surface area contributed by atoms with Crippen LogP contribution in [0.4, 0.5) is 0 Å². The van der Waals surface area contributed by atoms with Gasteiger partial charge in [-0.1, -0.05) is 11.2 Å². The number of methoxy groups -OCH3 is 1. The Morgan fingerprint density at radius 1 is 1.20 bits per heavy atom. The third kappa shape index (κ3) is 2.18. The van der Waals surface area contributed by atoms with Crippen LogP contribution in [0, 0.1) is 0 Å². The number of ether oxygens (including phenoxy) is 1. The van der Waals surface area contributed by atoms with Crippen molar-refractivity contribution in [3.63, 3.8) is 0 Å². The Hall–Kier alpha value is -2.89. The molecular weight excluding hydrogens is 258 g/mol. The highest BCUT2D eigenvalue weighted by Gasteiger charge is 2.15. The maximum Gasteiger partial charge on any atom is 0.262 e. The summed E-state index contributed by atoms with van der Waals surface area (Å²) in [5.74, 6) is 1.21. The van der Waals surface area contributed by atoms with E-state index in [2.05, 4.69) is 15.1 Å². The van der Waals surface area contributed by atoms with Crippen LogP contribution in [0.2, 0.25) is 0 Å². The first-order chi connectivity index (χ1) is 9.78. The molecule has 6 nitrogen and oxygen atoms in total. The van der Waals surface area contributed by atoms with Crippen LogP contribution in [-0.4, -0.2) is 27.3 Å². The van der Waals surface area contributed by atoms with Crippen LogP contribution in [0.3, 0.4) is 0 Å². The van der Waals surface area contributed by atoms with Crippen molar-refractivity contribution in [2.75, 3.05) is 7.11 Å². The van der Waals surface area contributed by atoms with Gasteiger partial charge in [-0.3, -0.25) is 4.98 Å². The maximum atomic E-state index is 9.86. The lowest BCUT2D eigenvalue weighted by Gasteiger charge is -2.02. The molecule has 3 rings (SSSR count). The van der Waals surface area contributed by atoms with Crippen molar-refractivity contribution in [1.82, 2.24) is 15.1 Å². The molecule has 6 heteroatoms. The first-order valence-corrected chi connectivity index (χ1v) is 5.90. The Morgan fingerprint density at radius 3 is 2.85 bits per heavy atom. The van der Waals surface area contributed by atoms with Gasteiger partial charge >= 0.3 is 0 Å². The van der Waals surface area contributed by atoms with Crippen LogP contribution in [0.25, 0.3) is 23.0 Å². The minimum Gasteiger partial charge on any atom is -0.507 e. The number of aromatic nitrogens is 3. The SMILES string of the molecule is COc1ccc(O)c(-c2nc(-c3ccccn3)no2)c1. The highest BCUT2D eigenvalue weighted by atomic mass is 16.5. The summed E-state index contributed by atoms with van der Waals surface area (Å²) >= 11 is 0. The molecule has 2 aromatic heterocycles. The van der Waals surface area contributed by atoms with Gasteiger partial charge in [-0.25, -0.2) is 0 Å². The molecule has 0 spiro atoms. The first-order valence-electron chi connectivity index (χ1n) is 5.90. The number of rotatable bonds is 3. The molecule has 100 valence electrons. The lowest BCUT2D eigenvalue weighted by Crippen LogP contribution is -1.86. The topological polar surface area (TPSA) is 81.3 Å². The Labute approximate surface area is 114 Å². The Kier molecular flexibility index (Phi) is 3.04. The molecule has 0 aliphatic rings. The Morgan fingerprint density at radius 2 is 2.10 bits per heavy atom. The predicted octanol–water partition coefficient (Wildman–Crippen LogP) is 2.51. The van der Waals surface area contributed by atoms with E-state index in [1.807, 2.05) is 6.07 Å². The number of phenolic OH excluding ortho intramolecular Hbond substituents is 1. The Bertz CT molecular complexity index is 726. The van der Waals surface area contributed by atoms with E-state index < -0.39 is 0 Å². The largest absolute Gasteiger partial charge is 0.507 e. The highest BCUT2D eigenvalue weighted by molar-refractivity contribution is 5.65. The van der Waals surface area contributed by atoms with Crippen LogP contribution in [0.1, 0.15) is 0 Å².